The number of carboxylic acid groups (broad SMARTS) is 1. The third kappa shape index (κ3) is 3.08. The summed E-state index contributed by atoms with van der Waals surface area (Å²) in [5.41, 5.74) is -0.109. The first-order valence-electron chi connectivity index (χ1n) is 6.12. The molecule has 1 atom stereocenters. The number of hydrogen-bond acceptors (Lipinski definition) is 4. The number of rotatable bonds is 4. The molecule has 1 aliphatic rings. The van der Waals surface area contributed by atoms with E-state index in [0.717, 1.165) is 6.42 Å². The number of pyridine rings is 1. The van der Waals surface area contributed by atoms with E-state index in [1.165, 1.54) is 18.3 Å². The number of carboxylic acids is 1. The van der Waals surface area contributed by atoms with Crippen LogP contribution in [0.15, 0.2) is 18.3 Å². The van der Waals surface area contributed by atoms with Crippen LogP contribution in [-0.4, -0.2) is 34.2 Å². The second-order valence-electron chi connectivity index (χ2n) is 4.71. The Kier molecular flexibility index (Phi) is 3.80. The Balaban J connectivity index is 1.97. The van der Waals surface area contributed by atoms with Crippen molar-refractivity contribution in [2.75, 3.05) is 6.61 Å². The number of nitrogens with one attached hydrogen (secondary N) is 1. The van der Waals surface area contributed by atoms with Gasteiger partial charge in [-0.2, -0.15) is 0 Å². The normalized spacial score (nSPS) is 22.2. The zero-order chi connectivity index (χ0) is 13.9. The van der Waals surface area contributed by atoms with Crippen molar-refractivity contribution in [2.45, 2.75) is 31.9 Å². The Morgan fingerprint density at radius 3 is 3.00 bits per heavy atom. The number of nitrogens with zero attached hydrogens (tertiary/aromatic N) is 1. The molecule has 2 N–H and O–H groups in total. The standard InChI is InChI=1S/C13H16N2O4/c1-13(4-2-6-19-13)12(18)15-8-10-7-9(11(16)17)3-5-14-10/h3,5,7H,2,4,6,8H2,1H3,(H,15,18)(H,16,17). The van der Waals surface area contributed by atoms with E-state index in [4.69, 9.17) is 9.84 Å². The first-order chi connectivity index (χ1) is 9.01. The molecule has 1 saturated heterocycles. The predicted molar refractivity (Wildman–Crippen MR) is 66.6 cm³/mol. The summed E-state index contributed by atoms with van der Waals surface area (Å²) in [4.78, 5) is 26.8. The summed E-state index contributed by atoms with van der Waals surface area (Å²) < 4.78 is 5.43. The Morgan fingerprint density at radius 1 is 1.58 bits per heavy atom. The summed E-state index contributed by atoms with van der Waals surface area (Å²) in [6, 6.07) is 2.86. The zero-order valence-electron chi connectivity index (χ0n) is 10.7. The molecule has 2 heterocycles. The van der Waals surface area contributed by atoms with Gasteiger partial charge in [0.05, 0.1) is 17.8 Å². The molecule has 0 radical (unpaired) electrons. The minimum Gasteiger partial charge on any atom is -0.478 e. The predicted octanol–water partition coefficient (Wildman–Crippen LogP) is 0.965. The third-order valence-corrected chi connectivity index (χ3v) is 3.19. The highest BCUT2D eigenvalue weighted by atomic mass is 16.5. The highest BCUT2D eigenvalue weighted by Crippen LogP contribution is 2.25. The summed E-state index contributed by atoms with van der Waals surface area (Å²) in [6.07, 6.45) is 2.98. The summed E-state index contributed by atoms with van der Waals surface area (Å²) >= 11 is 0. The number of aromatic nitrogens is 1. The quantitative estimate of drug-likeness (QED) is 0.845. The van der Waals surface area contributed by atoms with E-state index in [1.807, 2.05) is 0 Å². The molecule has 0 bridgehead atoms. The summed E-state index contributed by atoms with van der Waals surface area (Å²) in [6.45, 7) is 2.55. The molecule has 0 aromatic carbocycles. The second-order valence-corrected chi connectivity index (χ2v) is 4.71. The molecule has 1 aliphatic heterocycles. The lowest BCUT2D eigenvalue weighted by atomic mass is 10.0. The van der Waals surface area contributed by atoms with Gasteiger partial charge in [-0.1, -0.05) is 0 Å². The van der Waals surface area contributed by atoms with Gasteiger partial charge >= 0.3 is 5.97 Å². The Hall–Kier alpha value is -1.95. The maximum absolute atomic E-state index is 12.0. The van der Waals surface area contributed by atoms with Crippen LogP contribution < -0.4 is 5.32 Å². The van der Waals surface area contributed by atoms with Crippen LogP contribution in [0.4, 0.5) is 0 Å². The molecule has 0 spiro atoms. The maximum Gasteiger partial charge on any atom is 0.335 e. The molecular formula is C13H16N2O4. The fourth-order valence-electron chi connectivity index (χ4n) is 2.02. The Labute approximate surface area is 110 Å². The summed E-state index contributed by atoms with van der Waals surface area (Å²) in [7, 11) is 0. The molecule has 6 heteroatoms. The van der Waals surface area contributed by atoms with Crippen molar-refractivity contribution in [2.24, 2.45) is 0 Å². The van der Waals surface area contributed by atoms with E-state index in [-0.39, 0.29) is 18.0 Å². The van der Waals surface area contributed by atoms with Crippen molar-refractivity contribution in [3.05, 3.63) is 29.6 Å². The SMILES string of the molecule is CC1(C(=O)NCc2cc(C(=O)O)ccn2)CCCO1. The van der Waals surface area contributed by atoms with Gasteiger partial charge in [-0.25, -0.2) is 4.79 Å². The van der Waals surface area contributed by atoms with Crippen molar-refractivity contribution in [1.29, 1.82) is 0 Å². The largest absolute Gasteiger partial charge is 0.478 e. The highest BCUT2D eigenvalue weighted by molar-refractivity contribution is 5.87. The van der Waals surface area contributed by atoms with Gasteiger partial charge in [0.25, 0.3) is 5.91 Å². The Morgan fingerprint density at radius 2 is 2.37 bits per heavy atom. The molecule has 1 aromatic rings. The molecule has 1 amide bonds. The molecule has 0 aliphatic carbocycles. The average Bonchev–Trinajstić information content (AvgIpc) is 2.84. The smallest absolute Gasteiger partial charge is 0.335 e. The monoisotopic (exact) mass is 264 g/mol. The van der Waals surface area contributed by atoms with Crippen LogP contribution in [0.5, 0.6) is 0 Å². The van der Waals surface area contributed by atoms with E-state index in [9.17, 15) is 9.59 Å². The van der Waals surface area contributed by atoms with Crippen LogP contribution in [0.1, 0.15) is 35.8 Å². The number of aromatic carboxylic acids is 1. The number of ether oxygens (including phenoxy) is 1. The van der Waals surface area contributed by atoms with E-state index in [1.54, 1.807) is 6.92 Å². The molecule has 6 nitrogen and oxygen atoms in total. The van der Waals surface area contributed by atoms with E-state index >= 15 is 0 Å². The van der Waals surface area contributed by atoms with Gasteiger partial charge in [0.15, 0.2) is 0 Å². The van der Waals surface area contributed by atoms with Crippen molar-refractivity contribution < 1.29 is 19.4 Å². The lowest BCUT2D eigenvalue weighted by Gasteiger charge is -2.21. The highest BCUT2D eigenvalue weighted by Gasteiger charge is 2.37. The Bertz CT molecular complexity index is 495. The van der Waals surface area contributed by atoms with Crippen LogP contribution in [-0.2, 0) is 16.1 Å². The van der Waals surface area contributed by atoms with Crippen molar-refractivity contribution in [3.8, 4) is 0 Å². The van der Waals surface area contributed by atoms with Crippen molar-refractivity contribution in [3.63, 3.8) is 0 Å². The molecule has 1 aromatic heterocycles. The van der Waals surface area contributed by atoms with Gasteiger partial charge in [-0.05, 0) is 31.9 Å². The van der Waals surface area contributed by atoms with Gasteiger partial charge in [-0.15, -0.1) is 0 Å². The summed E-state index contributed by atoms with van der Waals surface area (Å²) in [5.74, 6) is -1.20. The van der Waals surface area contributed by atoms with E-state index in [0.29, 0.717) is 18.7 Å². The lowest BCUT2D eigenvalue weighted by Crippen LogP contribution is -2.43. The molecule has 2 rings (SSSR count). The minimum atomic E-state index is -1.01. The van der Waals surface area contributed by atoms with Crippen LogP contribution in [0, 0.1) is 0 Å². The van der Waals surface area contributed by atoms with E-state index < -0.39 is 11.6 Å². The zero-order valence-corrected chi connectivity index (χ0v) is 10.7. The topological polar surface area (TPSA) is 88.5 Å². The van der Waals surface area contributed by atoms with Crippen molar-refractivity contribution in [1.82, 2.24) is 10.3 Å². The number of hydrogen-bond donors (Lipinski definition) is 2. The molecule has 19 heavy (non-hydrogen) atoms. The van der Waals surface area contributed by atoms with E-state index in [2.05, 4.69) is 10.3 Å². The lowest BCUT2D eigenvalue weighted by molar-refractivity contribution is -0.139. The first kappa shape index (κ1) is 13.5. The number of amides is 1. The van der Waals surface area contributed by atoms with Crippen LogP contribution in [0.3, 0.4) is 0 Å². The van der Waals surface area contributed by atoms with Crippen LogP contribution >= 0.6 is 0 Å². The minimum absolute atomic E-state index is 0.155. The van der Waals surface area contributed by atoms with Gasteiger partial charge in [-0.3, -0.25) is 9.78 Å². The second kappa shape index (κ2) is 5.36. The van der Waals surface area contributed by atoms with Gasteiger partial charge in [0.1, 0.15) is 5.60 Å². The fourth-order valence-corrected chi connectivity index (χ4v) is 2.02. The first-order valence-corrected chi connectivity index (χ1v) is 6.12. The third-order valence-electron chi connectivity index (χ3n) is 3.19. The summed E-state index contributed by atoms with van der Waals surface area (Å²) in [5, 5.41) is 11.6. The average molecular weight is 264 g/mol. The van der Waals surface area contributed by atoms with Gasteiger partial charge in [0, 0.05) is 12.8 Å². The van der Waals surface area contributed by atoms with Crippen LogP contribution in [0.2, 0.25) is 0 Å². The molecular weight excluding hydrogens is 248 g/mol. The fraction of sp³-hybridized carbons (Fsp3) is 0.462. The van der Waals surface area contributed by atoms with Gasteiger partial charge < -0.3 is 15.2 Å². The number of carbonyl (C=O) groups is 2. The van der Waals surface area contributed by atoms with Gasteiger partial charge in [0.2, 0.25) is 0 Å². The maximum atomic E-state index is 12.0. The number of carbonyl (C=O) groups excluding carboxylic acids is 1. The molecule has 0 saturated carbocycles. The van der Waals surface area contributed by atoms with Crippen molar-refractivity contribution >= 4 is 11.9 Å². The molecule has 1 fully saturated rings. The van der Waals surface area contributed by atoms with Crippen LogP contribution in [0.25, 0.3) is 0 Å². The molecule has 102 valence electrons. The molecule has 1 unspecified atom stereocenters.